The fraction of sp³-hybridized carbons (Fsp3) is 0.533. The van der Waals surface area contributed by atoms with Crippen LogP contribution >= 0.6 is 0 Å². The Kier molecular flexibility index (Phi) is 5.18. The Bertz CT molecular complexity index is 526. The highest BCUT2D eigenvalue weighted by Crippen LogP contribution is 2.26. The number of carbonyl (C=O) groups excluding carboxylic acids is 1. The third kappa shape index (κ3) is 4.54. The van der Waals surface area contributed by atoms with E-state index < -0.39 is 23.9 Å². The molecule has 0 spiro atoms. The lowest BCUT2D eigenvalue weighted by Crippen LogP contribution is -2.52. The monoisotopic (exact) mass is 295 g/mol. The molecule has 0 aliphatic carbocycles. The van der Waals surface area contributed by atoms with E-state index in [2.05, 4.69) is 5.32 Å². The highest BCUT2D eigenvalue weighted by Gasteiger charge is 2.38. The minimum atomic E-state index is -1.08. The Labute approximate surface area is 125 Å². The molecule has 0 aliphatic rings. The van der Waals surface area contributed by atoms with Crippen LogP contribution in [0.25, 0.3) is 0 Å². The molecule has 1 aromatic carbocycles. The Morgan fingerprint density at radius 1 is 1.33 bits per heavy atom. The topological polar surface area (TPSA) is 58.6 Å². The van der Waals surface area contributed by atoms with E-state index >= 15 is 0 Å². The second-order valence-electron chi connectivity index (χ2n) is 6.25. The van der Waals surface area contributed by atoms with Crippen molar-refractivity contribution in [1.82, 2.24) is 0 Å². The number of anilines is 1. The summed E-state index contributed by atoms with van der Waals surface area (Å²) in [7, 11) is 0. The highest BCUT2D eigenvalue weighted by atomic mass is 19.1. The fourth-order valence-corrected chi connectivity index (χ4v) is 1.79. The Hall–Kier alpha value is -1.40. The van der Waals surface area contributed by atoms with E-state index in [-0.39, 0.29) is 5.91 Å². The summed E-state index contributed by atoms with van der Waals surface area (Å²) in [6.45, 7) is 9.32. The maximum absolute atomic E-state index is 14.0. The van der Waals surface area contributed by atoms with Gasteiger partial charge in [0.05, 0.1) is 11.2 Å². The van der Waals surface area contributed by atoms with Gasteiger partial charge in [-0.25, -0.2) is 4.39 Å². The molecular formula is C15H23BFNO3. The summed E-state index contributed by atoms with van der Waals surface area (Å²) in [6.07, 6.45) is 0. The molecule has 1 amide bonds. The van der Waals surface area contributed by atoms with Crippen molar-refractivity contribution in [2.24, 2.45) is 0 Å². The van der Waals surface area contributed by atoms with Crippen molar-refractivity contribution in [2.75, 3.05) is 5.32 Å². The molecule has 0 heterocycles. The number of nitrogens with one attached hydrogen (secondary N) is 1. The predicted octanol–water partition coefficient (Wildman–Crippen LogP) is 2.18. The molecule has 21 heavy (non-hydrogen) atoms. The normalized spacial score (nSPS) is 12.2. The van der Waals surface area contributed by atoms with Gasteiger partial charge in [0, 0.05) is 12.6 Å². The fourth-order valence-electron chi connectivity index (χ4n) is 1.79. The van der Waals surface area contributed by atoms with E-state index in [1.807, 2.05) is 0 Å². The van der Waals surface area contributed by atoms with Crippen molar-refractivity contribution in [2.45, 2.75) is 52.6 Å². The van der Waals surface area contributed by atoms with Crippen molar-refractivity contribution in [3.8, 4) is 0 Å². The van der Waals surface area contributed by atoms with E-state index in [1.165, 1.54) is 19.1 Å². The van der Waals surface area contributed by atoms with Crippen LogP contribution in [0.2, 0.25) is 6.82 Å². The highest BCUT2D eigenvalue weighted by molar-refractivity contribution is 6.66. The molecule has 6 heteroatoms. The lowest BCUT2D eigenvalue weighted by Gasteiger charge is -2.39. The van der Waals surface area contributed by atoms with Crippen LogP contribution in [0.5, 0.6) is 0 Å². The SMILES string of the molecule is CB(OC(C)(C)C(C)(C)O)c1cc(NC(C)=O)ccc1F. The van der Waals surface area contributed by atoms with E-state index in [1.54, 1.807) is 40.6 Å². The molecule has 0 saturated carbocycles. The van der Waals surface area contributed by atoms with Crippen LogP contribution in [0, 0.1) is 5.82 Å². The van der Waals surface area contributed by atoms with E-state index in [0.29, 0.717) is 11.2 Å². The van der Waals surface area contributed by atoms with Gasteiger partial charge in [-0.3, -0.25) is 4.79 Å². The Morgan fingerprint density at radius 3 is 2.38 bits per heavy atom. The molecule has 2 N–H and O–H groups in total. The van der Waals surface area contributed by atoms with Gasteiger partial charge >= 0.3 is 6.92 Å². The molecule has 0 bridgehead atoms. The van der Waals surface area contributed by atoms with Crippen LogP contribution in [0.15, 0.2) is 18.2 Å². The molecule has 1 aromatic rings. The Morgan fingerprint density at radius 2 is 1.90 bits per heavy atom. The summed E-state index contributed by atoms with van der Waals surface area (Å²) in [4.78, 5) is 11.1. The molecule has 116 valence electrons. The number of benzene rings is 1. The van der Waals surface area contributed by atoms with Gasteiger partial charge in [0.25, 0.3) is 0 Å². The van der Waals surface area contributed by atoms with Gasteiger partial charge in [0.1, 0.15) is 5.82 Å². The zero-order chi connectivity index (χ0) is 16.4. The summed E-state index contributed by atoms with van der Waals surface area (Å²) < 4.78 is 19.8. The smallest absolute Gasteiger partial charge is 0.327 e. The Balaban J connectivity index is 3.01. The maximum Gasteiger partial charge on any atom is 0.327 e. The molecule has 0 aliphatic heterocycles. The van der Waals surface area contributed by atoms with Crippen LogP contribution < -0.4 is 10.8 Å². The summed E-state index contributed by atoms with van der Waals surface area (Å²) in [5.74, 6) is -0.638. The number of hydrogen-bond acceptors (Lipinski definition) is 3. The number of hydrogen-bond donors (Lipinski definition) is 2. The van der Waals surface area contributed by atoms with Gasteiger partial charge in [-0.1, -0.05) is 6.82 Å². The van der Waals surface area contributed by atoms with Crippen LogP contribution in [-0.2, 0) is 9.45 Å². The number of amides is 1. The third-order valence-electron chi connectivity index (χ3n) is 3.70. The zero-order valence-electron chi connectivity index (χ0n) is 13.5. The van der Waals surface area contributed by atoms with Crippen LogP contribution in [0.4, 0.5) is 10.1 Å². The molecule has 0 radical (unpaired) electrons. The van der Waals surface area contributed by atoms with Crippen LogP contribution in [-0.4, -0.2) is 29.1 Å². The lowest BCUT2D eigenvalue weighted by molar-refractivity contribution is -0.114. The van der Waals surface area contributed by atoms with Crippen molar-refractivity contribution in [1.29, 1.82) is 0 Å². The van der Waals surface area contributed by atoms with Crippen molar-refractivity contribution >= 4 is 24.0 Å². The molecule has 0 fully saturated rings. The van der Waals surface area contributed by atoms with Crippen molar-refractivity contribution in [3.63, 3.8) is 0 Å². The first-order chi connectivity index (χ1) is 9.44. The first-order valence-corrected chi connectivity index (χ1v) is 6.91. The van der Waals surface area contributed by atoms with Gasteiger partial charge in [-0.15, -0.1) is 0 Å². The number of rotatable bonds is 5. The lowest BCUT2D eigenvalue weighted by atomic mass is 9.62. The molecule has 4 nitrogen and oxygen atoms in total. The number of halogens is 1. The van der Waals surface area contributed by atoms with Gasteiger partial charge in [-0.05, 0) is 51.4 Å². The maximum atomic E-state index is 14.0. The average Bonchev–Trinajstić information content (AvgIpc) is 2.28. The molecule has 0 unspecified atom stereocenters. The average molecular weight is 295 g/mol. The van der Waals surface area contributed by atoms with Gasteiger partial charge in [0.15, 0.2) is 0 Å². The molecule has 0 saturated heterocycles. The quantitative estimate of drug-likeness (QED) is 0.819. The van der Waals surface area contributed by atoms with E-state index in [9.17, 15) is 14.3 Å². The van der Waals surface area contributed by atoms with Gasteiger partial charge in [-0.2, -0.15) is 0 Å². The zero-order valence-corrected chi connectivity index (χ0v) is 13.5. The molecule has 1 rings (SSSR count). The molecule has 0 atom stereocenters. The number of aliphatic hydroxyl groups is 1. The van der Waals surface area contributed by atoms with Crippen LogP contribution in [0.1, 0.15) is 34.6 Å². The second kappa shape index (κ2) is 6.16. The molecule has 0 aromatic heterocycles. The van der Waals surface area contributed by atoms with Crippen molar-refractivity contribution in [3.05, 3.63) is 24.0 Å². The summed E-state index contributed by atoms with van der Waals surface area (Å²) >= 11 is 0. The molecular weight excluding hydrogens is 272 g/mol. The predicted molar refractivity (Wildman–Crippen MR) is 83.4 cm³/mol. The minimum absolute atomic E-state index is 0.224. The third-order valence-corrected chi connectivity index (χ3v) is 3.70. The number of carbonyl (C=O) groups is 1. The van der Waals surface area contributed by atoms with Gasteiger partial charge in [0.2, 0.25) is 5.91 Å². The minimum Gasteiger partial charge on any atom is -0.423 e. The van der Waals surface area contributed by atoms with Crippen LogP contribution in [0.3, 0.4) is 0 Å². The van der Waals surface area contributed by atoms with E-state index in [4.69, 9.17) is 4.65 Å². The first-order valence-electron chi connectivity index (χ1n) is 6.91. The first kappa shape index (κ1) is 17.7. The second-order valence-corrected chi connectivity index (χ2v) is 6.25. The summed E-state index contributed by atoms with van der Waals surface area (Å²) in [5, 5.41) is 12.7. The van der Waals surface area contributed by atoms with Gasteiger partial charge < -0.3 is 15.1 Å². The standard InChI is InChI=1S/C15H23BFNO3/c1-10(19)18-11-7-8-13(17)12(9-11)16(6)21-15(4,5)14(2,3)20/h7-9,20H,1-6H3,(H,18,19). The van der Waals surface area contributed by atoms with E-state index in [0.717, 1.165) is 0 Å². The van der Waals surface area contributed by atoms with Crippen molar-refractivity contribution < 1.29 is 18.9 Å². The largest absolute Gasteiger partial charge is 0.423 e. The summed E-state index contributed by atoms with van der Waals surface area (Å²) in [5.41, 5.74) is -1.09. The summed E-state index contributed by atoms with van der Waals surface area (Å²) in [6, 6.07) is 4.33.